The Bertz CT molecular complexity index is 321. The summed E-state index contributed by atoms with van der Waals surface area (Å²) in [5.74, 6) is -0.475. The predicted molar refractivity (Wildman–Crippen MR) is 51.8 cm³/mol. The number of halogens is 1. The molecule has 0 saturated heterocycles. The maximum Gasteiger partial charge on any atom is 0.135 e. The monoisotopic (exact) mass is 199 g/mol. The summed E-state index contributed by atoms with van der Waals surface area (Å²) in [6.45, 7) is 3.25. The van der Waals surface area contributed by atoms with Gasteiger partial charge in [-0.2, -0.15) is 0 Å². The molecule has 0 atom stereocenters. The van der Waals surface area contributed by atoms with Crippen molar-refractivity contribution in [3.8, 4) is 11.5 Å². The van der Waals surface area contributed by atoms with Crippen LogP contribution in [0.2, 0.25) is 0 Å². The lowest BCUT2D eigenvalue weighted by Gasteiger charge is -2.21. The Kier molecular flexibility index (Phi) is 2.66. The van der Waals surface area contributed by atoms with Crippen LogP contribution in [-0.2, 0) is 5.54 Å². The fourth-order valence-electron chi connectivity index (χ4n) is 1.32. The molecule has 1 rings (SSSR count). The van der Waals surface area contributed by atoms with Crippen LogP contribution in [0.4, 0.5) is 4.39 Å². The highest BCUT2D eigenvalue weighted by molar-refractivity contribution is 5.44. The summed E-state index contributed by atoms with van der Waals surface area (Å²) in [4.78, 5) is 0. The largest absolute Gasteiger partial charge is 0.507 e. The smallest absolute Gasteiger partial charge is 0.135 e. The van der Waals surface area contributed by atoms with E-state index in [-0.39, 0.29) is 17.1 Å². The number of benzene rings is 1. The second-order valence-corrected chi connectivity index (χ2v) is 3.73. The van der Waals surface area contributed by atoms with Crippen molar-refractivity contribution >= 4 is 0 Å². The van der Waals surface area contributed by atoms with Gasteiger partial charge in [0.2, 0.25) is 0 Å². The third-order valence-electron chi connectivity index (χ3n) is 1.92. The molecule has 1 aromatic rings. The first-order valence-electron chi connectivity index (χ1n) is 4.22. The van der Waals surface area contributed by atoms with E-state index in [2.05, 4.69) is 0 Å². The first kappa shape index (κ1) is 10.8. The van der Waals surface area contributed by atoms with Crippen LogP contribution in [0.1, 0.15) is 19.4 Å². The second-order valence-electron chi connectivity index (χ2n) is 3.73. The molecule has 0 saturated carbocycles. The molecule has 0 aromatic heterocycles. The Morgan fingerprint density at radius 3 is 2.36 bits per heavy atom. The van der Waals surface area contributed by atoms with Crippen LogP contribution < -0.4 is 10.5 Å². The Balaban J connectivity index is 3.33. The SMILES string of the molecule is COc1cc(O)c(C(C)(C)N)c(F)c1. The third-order valence-corrected chi connectivity index (χ3v) is 1.92. The lowest BCUT2D eigenvalue weighted by atomic mass is 9.94. The Labute approximate surface area is 82.3 Å². The van der Waals surface area contributed by atoms with E-state index in [9.17, 15) is 9.50 Å². The summed E-state index contributed by atoms with van der Waals surface area (Å²) in [5.41, 5.74) is 4.89. The van der Waals surface area contributed by atoms with Gasteiger partial charge in [0.25, 0.3) is 0 Å². The first-order chi connectivity index (χ1) is 6.36. The molecule has 0 radical (unpaired) electrons. The number of aromatic hydroxyl groups is 1. The molecule has 3 nitrogen and oxygen atoms in total. The number of rotatable bonds is 2. The number of hydrogen-bond acceptors (Lipinski definition) is 3. The van der Waals surface area contributed by atoms with E-state index in [0.717, 1.165) is 0 Å². The van der Waals surface area contributed by atoms with Crippen molar-refractivity contribution in [2.45, 2.75) is 19.4 Å². The van der Waals surface area contributed by atoms with Gasteiger partial charge in [-0.3, -0.25) is 0 Å². The average Bonchev–Trinajstić information content (AvgIpc) is 1.99. The van der Waals surface area contributed by atoms with Crippen LogP contribution in [0.3, 0.4) is 0 Å². The van der Waals surface area contributed by atoms with E-state index in [1.165, 1.54) is 19.2 Å². The molecular weight excluding hydrogens is 185 g/mol. The van der Waals surface area contributed by atoms with Gasteiger partial charge in [0.1, 0.15) is 17.3 Å². The Morgan fingerprint density at radius 2 is 2.00 bits per heavy atom. The minimum absolute atomic E-state index is 0.0956. The highest BCUT2D eigenvalue weighted by atomic mass is 19.1. The number of phenols is 1. The molecule has 0 fully saturated rings. The number of hydrogen-bond donors (Lipinski definition) is 2. The third kappa shape index (κ3) is 1.96. The molecule has 4 heteroatoms. The van der Waals surface area contributed by atoms with Crippen molar-refractivity contribution in [3.63, 3.8) is 0 Å². The summed E-state index contributed by atoms with van der Waals surface area (Å²) in [7, 11) is 1.40. The molecule has 0 aliphatic heterocycles. The summed E-state index contributed by atoms with van der Waals surface area (Å²) < 4.78 is 18.3. The average molecular weight is 199 g/mol. The number of nitrogens with two attached hydrogens (primary N) is 1. The fourth-order valence-corrected chi connectivity index (χ4v) is 1.32. The maximum absolute atomic E-state index is 13.5. The topological polar surface area (TPSA) is 55.5 Å². The molecule has 1 aromatic carbocycles. The molecular formula is C10H14FNO2. The Morgan fingerprint density at radius 1 is 1.43 bits per heavy atom. The zero-order chi connectivity index (χ0) is 10.9. The van der Waals surface area contributed by atoms with Crippen molar-refractivity contribution in [1.82, 2.24) is 0 Å². The predicted octanol–water partition coefficient (Wildman–Crippen LogP) is 1.73. The van der Waals surface area contributed by atoms with Crippen LogP contribution in [0.25, 0.3) is 0 Å². The van der Waals surface area contributed by atoms with E-state index in [1.54, 1.807) is 13.8 Å². The van der Waals surface area contributed by atoms with Gasteiger partial charge >= 0.3 is 0 Å². The van der Waals surface area contributed by atoms with Gasteiger partial charge in [-0.15, -0.1) is 0 Å². The molecule has 3 N–H and O–H groups in total. The van der Waals surface area contributed by atoms with Gasteiger partial charge < -0.3 is 15.6 Å². The van der Waals surface area contributed by atoms with Crippen molar-refractivity contribution in [1.29, 1.82) is 0 Å². The number of ether oxygens (including phenoxy) is 1. The maximum atomic E-state index is 13.5. The van der Waals surface area contributed by atoms with E-state index >= 15 is 0 Å². The van der Waals surface area contributed by atoms with Crippen LogP contribution in [0, 0.1) is 5.82 Å². The van der Waals surface area contributed by atoms with Gasteiger partial charge in [-0.25, -0.2) is 4.39 Å². The summed E-state index contributed by atoms with van der Waals surface area (Å²) in [6, 6.07) is 2.54. The zero-order valence-electron chi connectivity index (χ0n) is 8.47. The molecule has 0 spiro atoms. The highest BCUT2D eigenvalue weighted by Gasteiger charge is 2.23. The summed E-state index contributed by atoms with van der Waals surface area (Å²) >= 11 is 0. The Hall–Kier alpha value is -1.29. The molecule has 78 valence electrons. The highest BCUT2D eigenvalue weighted by Crippen LogP contribution is 2.33. The van der Waals surface area contributed by atoms with Gasteiger partial charge in [0, 0.05) is 23.2 Å². The minimum Gasteiger partial charge on any atom is -0.507 e. The lowest BCUT2D eigenvalue weighted by Crippen LogP contribution is -2.30. The molecule has 0 heterocycles. The molecule has 14 heavy (non-hydrogen) atoms. The molecule has 0 amide bonds. The van der Waals surface area contributed by atoms with Crippen LogP contribution in [0.5, 0.6) is 11.5 Å². The van der Waals surface area contributed by atoms with Gasteiger partial charge in [-0.05, 0) is 13.8 Å². The molecule has 0 bridgehead atoms. The van der Waals surface area contributed by atoms with Crippen molar-refractivity contribution in [2.24, 2.45) is 5.73 Å². The van der Waals surface area contributed by atoms with E-state index in [1.807, 2.05) is 0 Å². The van der Waals surface area contributed by atoms with Crippen LogP contribution in [0.15, 0.2) is 12.1 Å². The number of phenolic OH excluding ortho intramolecular Hbond substituents is 1. The first-order valence-corrected chi connectivity index (χ1v) is 4.22. The van der Waals surface area contributed by atoms with E-state index in [0.29, 0.717) is 0 Å². The minimum atomic E-state index is -0.916. The zero-order valence-corrected chi connectivity index (χ0v) is 8.47. The molecule has 0 aliphatic carbocycles. The standard InChI is InChI=1S/C10H14FNO2/c1-10(2,12)9-7(11)4-6(14-3)5-8(9)13/h4-5,13H,12H2,1-3H3. The van der Waals surface area contributed by atoms with E-state index < -0.39 is 11.4 Å². The van der Waals surface area contributed by atoms with Crippen LogP contribution in [-0.4, -0.2) is 12.2 Å². The summed E-state index contributed by atoms with van der Waals surface area (Å²) in [5, 5.41) is 9.54. The van der Waals surface area contributed by atoms with Crippen molar-refractivity contribution in [3.05, 3.63) is 23.5 Å². The molecule has 0 aliphatic rings. The van der Waals surface area contributed by atoms with Crippen LogP contribution >= 0.6 is 0 Å². The number of methoxy groups -OCH3 is 1. The summed E-state index contributed by atoms with van der Waals surface area (Å²) in [6.07, 6.45) is 0. The normalized spacial score (nSPS) is 11.5. The molecule has 0 unspecified atom stereocenters. The van der Waals surface area contributed by atoms with Gasteiger partial charge in [0.05, 0.1) is 7.11 Å². The van der Waals surface area contributed by atoms with Crippen molar-refractivity contribution < 1.29 is 14.2 Å². The second kappa shape index (κ2) is 3.46. The van der Waals surface area contributed by atoms with E-state index in [4.69, 9.17) is 10.5 Å². The quantitative estimate of drug-likeness (QED) is 0.762. The lowest BCUT2D eigenvalue weighted by molar-refractivity contribution is 0.388. The van der Waals surface area contributed by atoms with Gasteiger partial charge in [0.15, 0.2) is 0 Å². The van der Waals surface area contributed by atoms with Crippen molar-refractivity contribution in [2.75, 3.05) is 7.11 Å². The van der Waals surface area contributed by atoms with Gasteiger partial charge in [-0.1, -0.05) is 0 Å². The fraction of sp³-hybridized carbons (Fsp3) is 0.400.